The minimum absolute atomic E-state index is 0.0641. The monoisotopic (exact) mass is 434 g/mol. The Kier molecular flexibility index (Phi) is 4.33. The third-order valence-corrected chi connectivity index (χ3v) is 5.76. The normalized spacial score (nSPS) is 19.7. The smallest absolute Gasteiger partial charge is 0.347 e. The number of aromatic nitrogens is 3. The number of nitrogens with one attached hydrogen (secondary N) is 3. The third kappa shape index (κ3) is 2.94. The lowest BCUT2D eigenvalue weighted by atomic mass is 9.89. The second-order valence-corrected chi connectivity index (χ2v) is 7.58. The van der Waals surface area contributed by atoms with Crippen LogP contribution in [0.3, 0.4) is 0 Å². The topological polar surface area (TPSA) is 138 Å². The number of imide groups is 1. The Labute approximate surface area is 181 Å². The van der Waals surface area contributed by atoms with E-state index in [9.17, 15) is 19.2 Å². The first-order valence-electron chi connectivity index (χ1n) is 9.74. The highest BCUT2D eigenvalue weighted by molar-refractivity contribution is 6.08. The molecule has 2 aliphatic heterocycles. The zero-order valence-electron chi connectivity index (χ0n) is 16.9. The molecule has 1 unspecified atom stereocenters. The number of rotatable bonds is 5. The Morgan fingerprint density at radius 2 is 1.88 bits per heavy atom. The van der Waals surface area contributed by atoms with Crippen molar-refractivity contribution in [2.75, 3.05) is 13.7 Å². The van der Waals surface area contributed by atoms with Crippen molar-refractivity contribution in [3.8, 4) is 11.4 Å². The quantitative estimate of drug-likeness (QED) is 0.493. The molecule has 1 fully saturated rings. The molecule has 2 aliphatic rings. The number of benzene rings is 2. The second kappa shape index (κ2) is 7.08. The van der Waals surface area contributed by atoms with Crippen LogP contribution in [-0.4, -0.2) is 51.2 Å². The van der Waals surface area contributed by atoms with Gasteiger partial charge in [-0.25, -0.2) is 19.3 Å². The van der Waals surface area contributed by atoms with E-state index < -0.39 is 23.2 Å². The molecule has 0 spiro atoms. The highest BCUT2D eigenvalue weighted by atomic mass is 16.5. The predicted octanol–water partition coefficient (Wildman–Crippen LogP) is 0.260. The van der Waals surface area contributed by atoms with Gasteiger partial charge in [0, 0.05) is 12.1 Å². The van der Waals surface area contributed by atoms with Crippen molar-refractivity contribution >= 4 is 17.8 Å². The molecule has 2 aromatic carbocycles. The molecular weight excluding hydrogens is 416 g/mol. The van der Waals surface area contributed by atoms with Crippen molar-refractivity contribution in [2.24, 2.45) is 0 Å². The largest absolute Gasteiger partial charge is 0.497 e. The summed E-state index contributed by atoms with van der Waals surface area (Å²) in [6, 6.07) is 11.1. The molecule has 0 aliphatic carbocycles. The lowest BCUT2D eigenvalue weighted by Gasteiger charge is -2.31. The number of carbonyl (C=O) groups is 3. The van der Waals surface area contributed by atoms with E-state index in [1.54, 1.807) is 36.4 Å². The van der Waals surface area contributed by atoms with Gasteiger partial charge in [-0.15, -0.1) is 0 Å². The average molecular weight is 434 g/mol. The molecule has 1 saturated heterocycles. The Bertz CT molecular complexity index is 1310. The van der Waals surface area contributed by atoms with E-state index >= 15 is 0 Å². The van der Waals surface area contributed by atoms with Gasteiger partial charge in [0.15, 0.2) is 5.54 Å². The summed E-state index contributed by atoms with van der Waals surface area (Å²) in [5, 5.41) is 11.0. The van der Waals surface area contributed by atoms with Gasteiger partial charge in [0.1, 0.15) is 12.1 Å². The fourth-order valence-electron chi connectivity index (χ4n) is 4.12. The van der Waals surface area contributed by atoms with Crippen molar-refractivity contribution in [3.05, 3.63) is 76.0 Å². The maximum Gasteiger partial charge on any atom is 0.347 e. The van der Waals surface area contributed by atoms with Crippen LogP contribution in [0.15, 0.2) is 53.6 Å². The van der Waals surface area contributed by atoms with Crippen molar-refractivity contribution in [2.45, 2.75) is 12.1 Å². The molecular formula is C21H18N6O5. The van der Waals surface area contributed by atoms with Crippen molar-refractivity contribution in [1.82, 2.24) is 30.3 Å². The van der Waals surface area contributed by atoms with Crippen LogP contribution in [0.1, 0.15) is 21.5 Å². The molecule has 11 heteroatoms. The maximum atomic E-state index is 13.0. The Hall–Kier alpha value is -4.41. The number of hydrogen-bond acceptors (Lipinski definition) is 6. The zero-order chi connectivity index (χ0) is 22.5. The van der Waals surface area contributed by atoms with Gasteiger partial charge in [-0.05, 0) is 35.4 Å². The summed E-state index contributed by atoms with van der Waals surface area (Å²) in [5.74, 6) is -0.253. The molecule has 5 rings (SSSR count). The predicted molar refractivity (Wildman–Crippen MR) is 110 cm³/mol. The molecule has 1 aromatic heterocycles. The number of ether oxygens (including phenoxy) is 1. The molecule has 3 aromatic rings. The summed E-state index contributed by atoms with van der Waals surface area (Å²) in [4.78, 5) is 51.4. The molecule has 11 nitrogen and oxygen atoms in total. The number of fused-ring (bicyclic) bond motifs is 1. The van der Waals surface area contributed by atoms with Crippen molar-refractivity contribution in [3.63, 3.8) is 0 Å². The Balaban J connectivity index is 1.49. The lowest BCUT2D eigenvalue weighted by Crippen LogP contribution is -2.52. The minimum atomic E-state index is -1.47. The number of carbonyl (C=O) groups excluding carboxylic acids is 3. The average Bonchev–Trinajstić information content (AvgIpc) is 3.44. The first-order valence-corrected chi connectivity index (χ1v) is 9.74. The van der Waals surface area contributed by atoms with Gasteiger partial charge in [0.25, 0.3) is 11.8 Å². The third-order valence-electron chi connectivity index (χ3n) is 5.76. The molecule has 4 amide bonds. The maximum absolute atomic E-state index is 13.0. The van der Waals surface area contributed by atoms with E-state index in [0.717, 1.165) is 5.56 Å². The van der Waals surface area contributed by atoms with Gasteiger partial charge in [-0.2, -0.15) is 5.10 Å². The van der Waals surface area contributed by atoms with Crippen LogP contribution < -0.4 is 21.1 Å². The second-order valence-electron chi connectivity index (χ2n) is 7.58. The number of nitrogens with zero attached hydrogens (tertiary/aromatic N) is 3. The fraction of sp³-hybridized carbons (Fsp3) is 0.190. The van der Waals surface area contributed by atoms with E-state index in [2.05, 4.69) is 20.8 Å². The van der Waals surface area contributed by atoms with Gasteiger partial charge in [0.05, 0.1) is 19.3 Å². The molecule has 3 N–H and O–H groups in total. The number of amides is 4. The molecule has 32 heavy (non-hydrogen) atoms. The van der Waals surface area contributed by atoms with Crippen LogP contribution in [0, 0.1) is 0 Å². The van der Waals surface area contributed by atoms with Gasteiger partial charge in [-0.1, -0.05) is 18.2 Å². The number of hydrogen-bond donors (Lipinski definition) is 3. The van der Waals surface area contributed by atoms with Crippen molar-refractivity contribution in [1.29, 1.82) is 0 Å². The van der Waals surface area contributed by atoms with Crippen LogP contribution in [0.25, 0.3) is 5.69 Å². The van der Waals surface area contributed by atoms with E-state index in [-0.39, 0.29) is 12.5 Å². The summed E-state index contributed by atoms with van der Waals surface area (Å²) >= 11 is 0. The van der Waals surface area contributed by atoms with Gasteiger partial charge >= 0.3 is 11.7 Å². The van der Waals surface area contributed by atoms with E-state index in [0.29, 0.717) is 29.1 Å². The number of aromatic amines is 1. The first kappa shape index (κ1) is 19.5. The molecule has 0 bridgehead atoms. The molecule has 3 heterocycles. The van der Waals surface area contributed by atoms with E-state index in [1.807, 2.05) is 6.07 Å². The van der Waals surface area contributed by atoms with Gasteiger partial charge in [0.2, 0.25) is 0 Å². The van der Waals surface area contributed by atoms with Crippen LogP contribution >= 0.6 is 0 Å². The summed E-state index contributed by atoms with van der Waals surface area (Å²) in [7, 11) is 1.52. The first-order chi connectivity index (χ1) is 15.4. The summed E-state index contributed by atoms with van der Waals surface area (Å²) in [5.41, 5.74) is 0.435. The van der Waals surface area contributed by atoms with E-state index in [1.165, 1.54) is 22.9 Å². The van der Waals surface area contributed by atoms with Gasteiger partial charge in [-0.3, -0.25) is 14.9 Å². The van der Waals surface area contributed by atoms with Crippen LogP contribution in [0.2, 0.25) is 0 Å². The summed E-state index contributed by atoms with van der Waals surface area (Å²) in [6.07, 6.45) is 1.34. The van der Waals surface area contributed by atoms with Crippen LogP contribution in [-0.2, 0) is 16.9 Å². The number of urea groups is 1. The highest BCUT2D eigenvalue weighted by Crippen LogP contribution is 2.32. The van der Waals surface area contributed by atoms with Crippen LogP contribution in [0.4, 0.5) is 4.79 Å². The Morgan fingerprint density at radius 3 is 2.50 bits per heavy atom. The molecule has 162 valence electrons. The number of methoxy groups -OCH3 is 1. The number of H-pyrrole nitrogens is 1. The fourth-order valence-corrected chi connectivity index (χ4v) is 4.12. The lowest BCUT2D eigenvalue weighted by molar-refractivity contribution is -0.124. The van der Waals surface area contributed by atoms with E-state index in [4.69, 9.17) is 4.74 Å². The highest BCUT2D eigenvalue weighted by Gasteiger charge is 2.50. The summed E-state index contributed by atoms with van der Waals surface area (Å²) in [6.45, 7) is 0.233. The van der Waals surface area contributed by atoms with Gasteiger partial charge < -0.3 is 15.0 Å². The molecule has 0 saturated carbocycles. The van der Waals surface area contributed by atoms with Crippen molar-refractivity contribution < 1.29 is 19.1 Å². The summed E-state index contributed by atoms with van der Waals surface area (Å²) < 4.78 is 6.51. The SMILES string of the molecule is COc1ccc2c(c1)C(=O)N(CC1(c3ccc(-n4cn[nH]c4=O)cc3)NC(=O)NC1=O)C2. The minimum Gasteiger partial charge on any atom is -0.497 e. The molecule has 0 radical (unpaired) electrons. The zero-order valence-corrected chi connectivity index (χ0v) is 16.9. The standard InChI is InChI=1S/C21H18N6O5/c1-32-15-7-2-12-9-26(17(28)16(12)8-15)10-21(18(29)23-19(30)24-21)13-3-5-14(6-4-13)27-11-22-25-20(27)31/h2-8,11H,9-10H2,1H3,(H,25,31)(H2,23,24,29,30). The van der Waals surface area contributed by atoms with Crippen LogP contribution in [0.5, 0.6) is 5.75 Å². The Morgan fingerprint density at radius 1 is 1.09 bits per heavy atom. The molecule has 1 atom stereocenters.